The normalized spacial score (nSPS) is 22.2. The fraction of sp³-hybridized carbons (Fsp3) is 0.500. The van der Waals surface area contributed by atoms with Crippen molar-refractivity contribution >= 4 is 17.7 Å². The van der Waals surface area contributed by atoms with Gasteiger partial charge in [0.1, 0.15) is 0 Å². The van der Waals surface area contributed by atoms with Crippen molar-refractivity contribution in [2.45, 2.75) is 31.7 Å². The molecule has 0 aromatic heterocycles. The van der Waals surface area contributed by atoms with Gasteiger partial charge in [-0.15, -0.1) is 0 Å². The molecule has 0 bridgehead atoms. The summed E-state index contributed by atoms with van der Waals surface area (Å²) in [5.41, 5.74) is 0.852. The summed E-state index contributed by atoms with van der Waals surface area (Å²) < 4.78 is 0. The third-order valence-electron chi connectivity index (χ3n) is 4.89. The molecule has 0 N–H and O–H groups in total. The smallest absolute Gasteiger partial charge is 0.269 e. The topological polar surface area (TPSA) is 66.7 Å². The van der Waals surface area contributed by atoms with Crippen LogP contribution in [0.1, 0.15) is 31.2 Å². The molecule has 1 atom stereocenters. The number of likely N-dealkylation sites (tertiary alicyclic amines) is 2. The van der Waals surface area contributed by atoms with Crippen LogP contribution in [0.4, 0.5) is 5.69 Å². The van der Waals surface area contributed by atoms with Crippen molar-refractivity contribution in [3.63, 3.8) is 0 Å². The zero-order valence-corrected chi connectivity index (χ0v) is 13.8. The van der Waals surface area contributed by atoms with Gasteiger partial charge in [-0.25, -0.2) is 0 Å². The first-order valence-electron chi connectivity index (χ1n) is 8.59. The predicted octanol–water partition coefficient (Wildman–Crippen LogP) is 2.69. The second-order valence-corrected chi connectivity index (χ2v) is 6.51. The number of nitrogens with zero attached hydrogens (tertiary/aromatic N) is 3. The average Bonchev–Trinajstić information content (AvgIpc) is 3.15. The number of hydrogen-bond donors (Lipinski definition) is 0. The lowest BCUT2D eigenvalue weighted by atomic mass is 10.0. The van der Waals surface area contributed by atoms with E-state index in [1.807, 2.05) is 4.90 Å². The van der Waals surface area contributed by atoms with E-state index in [-0.39, 0.29) is 11.6 Å². The molecular weight excluding hydrogens is 306 g/mol. The van der Waals surface area contributed by atoms with Gasteiger partial charge < -0.3 is 4.90 Å². The van der Waals surface area contributed by atoms with Crippen molar-refractivity contribution in [1.82, 2.24) is 9.80 Å². The maximum absolute atomic E-state index is 12.4. The van der Waals surface area contributed by atoms with Crippen molar-refractivity contribution < 1.29 is 9.72 Å². The molecule has 2 aliphatic heterocycles. The predicted molar refractivity (Wildman–Crippen MR) is 92.5 cm³/mol. The van der Waals surface area contributed by atoms with Gasteiger partial charge in [-0.1, -0.05) is 0 Å². The van der Waals surface area contributed by atoms with Gasteiger partial charge in [0.05, 0.1) is 4.92 Å². The summed E-state index contributed by atoms with van der Waals surface area (Å²) in [5, 5.41) is 10.6. The molecule has 128 valence electrons. The van der Waals surface area contributed by atoms with Gasteiger partial charge in [-0.05, 0) is 62.5 Å². The van der Waals surface area contributed by atoms with Gasteiger partial charge in [0.25, 0.3) is 5.69 Å². The number of carbonyl (C=O) groups is 1. The third-order valence-corrected chi connectivity index (χ3v) is 4.89. The summed E-state index contributed by atoms with van der Waals surface area (Å²) in [4.78, 5) is 27.1. The molecule has 0 spiro atoms. The highest BCUT2D eigenvalue weighted by Crippen LogP contribution is 2.21. The molecule has 6 heteroatoms. The number of benzene rings is 1. The van der Waals surface area contributed by atoms with Crippen LogP contribution < -0.4 is 0 Å². The minimum absolute atomic E-state index is 0.0252. The van der Waals surface area contributed by atoms with E-state index in [1.54, 1.807) is 24.3 Å². The van der Waals surface area contributed by atoms with E-state index in [1.165, 1.54) is 31.4 Å². The Morgan fingerprint density at radius 1 is 1.12 bits per heavy atom. The lowest BCUT2D eigenvalue weighted by Gasteiger charge is -2.37. The van der Waals surface area contributed by atoms with Crippen LogP contribution in [-0.4, -0.2) is 52.9 Å². The van der Waals surface area contributed by atoms with Gasteiger partial charge >= 0.3 is 0 Å². The van der Waals surface area contributed by atoms with Crippen LogP contribution in [0.2, 0.25) is 0 Å². The van der Waals surface area contributed by atoms with E-state index in [2.05, 4.69) is 4.90 Å². The first-order chi connectivity index (χ1) is 11.6. The molecule has 0 unspecified atom stereocenters. The van der Waals surface area contributed by atoms with E-state index in [4.69, 9.17) is 0 Å². The molecule has 1 aromatic rings. The van der Waals surface area contributed by atoms with Crippen LogP contribution in [0.25, 0.3) is 6.08 Å². The number of rotatable bonds is 4. The second-order valence-electron chi connectivity index (χ2n) is 6.51. The Kier molecular flexibility index (Phi) is 5.25. The van der Waals surface area contributed by atoms with E-state index in [0.717, 1.165) is 38.2 Å². The minimum atomic E-state index is -0.426. The molecule has 1 aromatic carbocycles. The number of nitro benzene ring substituents is 1. The molecule has 0 radical (unpaired) electrons. The Morgan fingerprint density at radius 3 is 2.50 bits per heavy atom. The summed E-state index contributed by atoms with van der Waals surface area (Å²) >= 11 is 0. The van der Waals surface area contributed by atoms with Crippen molar-refractivity contribution in [3.05, 3.63) is 46.0 Å². The zero-order valence-electron chi connectivity index (χ0n) is 13.8. The molecule has 1 amide bonds. The molecule has 2 fully saturated rings. The summed E-state index contributed by atoms with van der Waals surface area (Å²) in [5.74, 6) is 0.0252. The van der Waals surface area contributed by atoms with Gasteiger partial charge in [0.15, 0.2) is 0 Å². The number of non-ortho nitro benzene ring substituents is 1. The van der Waals surface area contributed by atoms with Crippen molar-refractivity contribution in [2.24, 2.45) is 0 Å². The maximum Gasteiger partial charge on any atom is 0.269 e. The van der Waals surface area contributed by atoms with Crippen LogP contribution in [0.15, 0.2) is 30.3 Å². The summed E-state index contributed by atoms with van der Waals surface area (Å²) in [6.07, 6.45) is 8.07. The summed E-state index contributed by atoms with van der Waals surface area (Å²) in [6.45, 7) is 3.94. The Hall–Kier alpha value is -2.21. The molecule has 0 aliphatic carbocycles. The monoisotopic (exact) mass is 329 g/mol. The standard InChI is InChI=1S/C18H23N3O3/c22-18(10-7-15-5-8-16(9-6-15)21(23)24)20-13-3-4-17(14-20)19-11-1-2-12-19/h5-10,17H,1-4,11-14H2/b10-7+/t17-/m0/s1. The minimum Gasteiger partial charge on any atom is -0.338 e. The molecule has 2 saturated heterocycles. The Morgan fingerprint density at radius 2 is 1.83 bits per heavy atom. The SMILES string of the molecule is O=C(/C=C/c1ccc([N+](=O)[O-])cc1)N1CCC[C@H](N2CCCC2)C1. The molecule has 0 saturated carbocycles. The highest BCUT2D eigenvalue weighted by atomic mass is 16.6. The Balaban J connectivity index is 1.58. The van der Waals surface area contributed by atoms with Crippen molar-refractivity contribution in [3.8, 4) is 0 Å². The fourth-order valence-corrected chi connectivity index (χ4v) is 3.54. The summed E-state index contributed by atoms with van der Waals surface area (Å²) in [6, 6.07) is 6.72. The summed E-state index contributed by atoms with van der Waals surface area (Å²) in [7, 11) is 0. The molecule has 6 nitrogen and oxygen atoms in total. The quantitative estimate of drug-likeness (QED) is 0.484. The van der Waals surface area contributed by atoms with Crippen LogP contribution in [0.5, 0.6) is 0 Å². The number of hydrogen-bond acceptors (Lipinski definition) is 4. The maximum atomic E-state index is 12.4. The van der Waals surface area contributed by atoms with E-state index < -0.39 is 4.92 Å². The van der Waals surface area contributed by atoms with Crippen LogP contribution >= 0.6 is 0 Å². The van der Waals surface area contributed by atoms with Gasteiger partial charge in [-0.2, -0.15) is 0 Å². The Bertz CT molecular complexity index is 621. The van der Waals surface area contributed by atoms with E-state index in [0.29, 0.717) is 6.04 Å². The van der Waals surface area contributed by atoms with E-state index >= 15 is 0 Å². The average molecular weight is 329 g/mol. The van der Waals surface area contributed by atoms with Crippen molar-refractivity contribution in [1.29, 1.82) is 0 Å². The van der Waals surface area contributed by atoms with Gasteiger partial charge in [-0.3, -0.25) is 19.8 Å². The van der Waals surface area contributed by atoms with Crippen molar-refractivity contribution in [2.75, 3.05) is 26.2 Å². The lowest BCUT2D eigenvalue weighted by Crippen LogP contribution is -2.48. The highest BCUT2D eigenvalue weighted by molar-refractivity contribution is 5.91. The second kappa shape index (κ2) is 7.57. The first kappa shape index (κ1) is 16.6. The molecule has 3 rings (SSSR count). The van der Waals surface area contributed by atoms with Gasteiger partial charge in [0, 0.05) is 37.3 Å². The number of carbonyl (C=O) groups excluding carboxylic acids is 1. The lowest BCUT2D eigenvalue weighted by molar-refractivity contribution is -0.384. The number of nitro groups is 1. The molecule has 2 aliphatic rings. The zero-order chi connectivity index (χ0) is 16.9. The number of amides is 1. The number of piperidine rings is 1. The van der Waals surface area contributed by atoms with Crippen LogP contribution in [0, 0.1) is 10.1 Å². The fourth-order valence-electron chi connectivity index (χ4n) is 3.54. The third kappa shape index (κ3) is 4.00. The van der Waals surface area contributed by atoms with Crippen LogP contribution in [-0.2, 0) is 4.79 Å². The molecule has 2 heterocycles. The first-order valence-corrected chi connectivity index (χ1v) is 8.59. The highest BCUT2D eigenvalue weighted by Gasteiger charge is 2.28. The van der Waals surface area contributed by atoms with Crippen LogP contribution in [0.3, 0.4) is 0 Å². The van der Waals surface area contributed by atoms with E-state index in [9.17, 15) is 14.9 Å². The van der Waals surface area contributed by atoms with Gasteiger partial charge in [0.2, 0.25) is 5.91 Å². The Labute approximate surface area is 141 Å². The molecular formula is C18H23N3O3. The largest absolute Gasteiger partial charge is 0.338 e. The molecule has 24 heavy (non-hydrogen) atoms.